The molecular weight excluding hydrogens is 228 g/mol. The minimum absolute atomic E-state index is 0.0677. The van der Waals surface area contributed by atoms with Gasteiger partial charge in [-0.3, -0.25) is 0 Å². The third-order valence-corrected chi connectivity index (χ3v) is 2.68. The van der Waals surface area contributed by atoms with Crippen LogP contribution in [0.2, 0.25) is 0 Å². The first-order valence-electron chi connectivity index (χ1n) is 4.91. The summed E-state index contributed by atoms with van der Waals surface area (Å²) < 4.78 is 63.4. The fraction of sp³-hybridized carbons (Fsp3) is 0.600. The van der Waals surface area contributed by atoms with Crippen LogP contribution in [0.1, 0.15) is 13.8 Å². The summed E-state index contributed by atoms with van der Waals surface area (Å²) in [5.41, 5.74) is -6.25. The van der Waals surface area contributed by atoms with E-state index < -0.39 is 34.5 Å². The van der Waals surface area contributed by atoms with Crippen LogP contribution in [0.4, 0.5) is 17.6 Å². The summed E-state index contributed by atoms with van der Waals surface area (Å²) in [5, 5.41) is 0. The number of alkyl halides is 2. The van der Waals surface area contributed by atoms with E-state index in [2.05, 4.69) is 9.47 Å². The van der Waals surface area contributed by atoms with Crippen molar-refractivity contribution in [1.82, 2.24) is 0 Å². The summed E-state index contributed by atoms with van der Waals surface area (Å²) in [4.78, 5) is 0. The Bertz CT molecular complexity index is 366. The van der Waals surface area contributed by atoms with Gasteiger partial charge < -0.3 is 9.47 Å². The zero-order chi connectivity index (χ0) is 12.1. The summed E-state index contributed by atoms with van der Waals surface area (Å²) in [6.45, 7) is 2.79. The molecular formula is C10H10F4O2. The lowest BCUT2D eigenvalue weighted by Crippen LogP contribution is -2.68. The van der Waals surface area contributed by atoms with Gasteiger partial charge in [0.1, 0.15) is 0 Å². The molecule has 0 aliphatic heterocycles. The molecule has 16 heavy (non-hydrogen) atoms. The molecule has 2 aliphatic carbocycles. The lowest BCUT2D eigenvalue weighted by atomic mass is 9.62. The molecule has 0 amide bonds. The van der Waals surface area contributed by atoms with Crippen LogP contribution in [0.15, 0.2) is 23.2 Å². The Kier molecular flexibility index (Phi) is 2.22. The van der Waals surface area contributed by atoms with Crippen molar-refractivity contribution >= 4 is 0 Å². The van der Waals surface area contributed by atoms with Gasteiger partial charge in [0.25, 0.3) is 11.3 Å². The maximum Gasteiger partial charge on any atom is 0.272 e. The molecule has 0 saturated heterocycles. The van der Waals surface area contributed by atoms with Crippen LogP contribution in [-0.2, 0) is 9.47 Å². The number of halogens is 4. The van der Waals surface area contributed by atoms with Crippen LogP contribution in [0.5, 0.6) is 0 Å². The smallest absolute Gasteiger partial charge is 0.272 e. The molecule has 0 aromatic rings. The lowest BCUT2D eigenvalue weighted by Gasteiger charge is -2.52. The van der Waals surface area contributed by atoms with Crippen molar-refractivity contribution in [3.8, 4) is 0 Å². The van der Waals surface area contributed by atoms with Crippen molar-refractivity contribution < 1.29 is 27.0 Å². The summed E-state index contributed by atoms with van der Waals surface area (Å²) >= 11 is 0. The van der Waals surface area contributed by atoms with Crippen LogP contribution in [-0.4, -0.2) is 24.6 Å². The van der Waals surface area contributed by atoms with E-state index in [0.717, 1.165) is 0 Å². The average molecular weight is 238 g/mol. The number of hydrogen-bond donors (Lipinski definition) is 0. The summed E-state index contributed by atoms with van der Waals surface area (Å²) in [5.74, 6) is -4.72. The normalized spacial score (nSPS) is 36.6. The van der Waals surface area contributed by atoms with Gasteiger partial charge >= 0.3 is 0 Å². The van der Waals surface area contributed by atoms with Gasteiger partial charge in [-0.2, -0.15) is 0 Å². The number of rotatable bonds is 4. The van der Waals surface area contributed by atoms with E-state index in [1.807, 2.05) is 0 Å². The molecule has 2 atom stereocenters. The Labute approximate surface area is 89.5 Å². The van der Waals surface area contributed by atoms with Gasteiger partial charge in [0.15, 0.2) is 23.2 Å². The van der Waals surface area contributed by atoms with Gasteiger partial charge in [0.2, 0.25) is 0 Å². The van der Waals surface area contributed by atoms with Gasteiger partial charge in [-0.25, -0.2) is 17.6 Å². The Morgan fingerprint density at radius 1 is 0.875 bits per heavy atom. The van der Waals surface area contributed by atoms with E-state index in [-0.39, 0.29) is 13.2 Å². The largest absolute Gasteiger partial charge is 0.491 e. The van der Waals surface area contributed by atoms with E-state index in [1.165, 1.54) is 13.8 Å². The lowest BCUT2D eigenvalue weighted by molar-refractivity contribution is -0.127. The van der Waals surface area contributed by atoms with Gasteiger partial charge in [-0.05, 0) is 13.8 Å². The fourth-order valence-corrected chi connectivity index (χ4v) is 1.92. The Morgan fingerprint density at radius 2 is 1.19 bits per heavy atom. The second kappa shape index (κ2) is 3.15. The highest BCUT2D eigenvalue weighted by Gasteiger charge is 2.85. The topological polar surface area (TPSA) is 18.5 Å². The van der Waals surface area contributed by atoms with E-state index in [4.69, 9.17) is 0 Å². The first-order valence-corrected chi connectivity index (χ1v) is 4.91. The summed E-state index contributed by atoms with van der Waals surface area (Å²) in [7, 11) is 0. The molecule has 0 aromatic carbocycles. The molecule has 90 valence electrons. The van der Waals surface area contributed by atoms with E-state index >= 15 is 0 Å². The van der Waals surface area contributed by atoms with Crippen molar-refractivity contribution in [2.24, 2.45) is 0 Å². The monoisotopic (exact) mass is 238 g/mol. The first-order chi connectivity index (χ1) is 7.46. The summed E-state index contributed by atoms with van der Waals surface area (Å²) in [6.07, 6.45) is 0. The van der Waals surface area contributed by atoms with Gasteiger partial charge in [0, 0.05) is 0 Å². The molecule has 2 unspecified atom stereocenters. The quantitative estimate of drug-likeness (QED) is 0.701. The first kappa shape index (κ1) is 11.3. The number of fused-ring (bicyclic) bond motifs is 1. The molecule has 2 nitrogen and oxygen atoms in total. The highest BCUT2D eigenvalue weighted by atomic mass is 19.2. The highest BCUT2D eigenvalue weighted by Crippen LogP contribution is 2.69. The SMILES string of the molecule is CCOC1=C(F)C2(F)C(OCC)=C(F)C12F. The van der Waals surface area contributed by atoms with Gasteiger partial charge in [-0.15, -0.1) is 0 Å². The van der Waals surface area contributed by atoms with Crippen LogP contribution in [0.25, 0.3) is 0 Å². The zero-order valence-electron chi connectivity index (χ0n) is 8.74. The predicted molar refractivity (Wildman–Crippen MR) is 47.2 cm³/mol. The van der Waals surface area contributed by atoms with E-state index in [9.17, 15) is 17.6 Å². The van der Waals surface area contributed by atoms with Crippen LogP contribution >= 0.6 is 0 Å². The molecule has 0 fully saturated rings. The van der Waals surface area contributed by atoms with E-state index in [1.54, 1.807) is 0 Å². The third-order valence-electron chi connectivity index (χ3n) is 2.68. The summed E-state index contributed by atoms with van der Waals surface area (Å²) in [6, 6.07) is 0. The Balaban J connectivity index is 2.37. The van der Waals surface area contributed by atoms with E-state index in [0.29, 0.717) is 0 Å². The molecule has 6 heteroatoms. The standard InChI is InChI=1S/C10H10F4O2/c1-3-15-7-5(11)10(14)8(16-4-2)6(12)9(7,10)13/h3-4H2,1-2H3. The number of ether oxygens (including phenoxy) is 2. The molecule has 0 radical (unpaired) electrons. The molecule has 2 aliphatic rings. The second-order valence-electron chi connectivity index (χ2n) is 3.47. The molecule has 0 spiro atoms. The minimum atomic E-state index is -3.13. The van der Waals surface area contributed by atoms with Crippen LogP contribution < -0.4 is 0 Å². The van der Waals surface area contributed by atoms with Crippen LogP contribution in [0, 0.1) is 0 Å². The predicted octanol–water partition coefficient (Wildman–Crippen LogP) is 2.87. The van der Waals surface area contributed by atoms with Crippen molar-refractivity contribution in [2.75, 3.05) is 13.2 Å². The molecule has 2 rings (SSSR count). The minimum Gasteiger partial charge on any atom is -0.491 e. The number of hydrogen-bond acceptors (Lipinski definition) is 2. The van der Waals surface area contributed by atoms with Crippen LogP contribution in [0.3, 0.4) is 0 Å². The maximum atomic E-state index is 13.8. The number of allylic oxidation sites excluding steroid dienone is 2. The van der Waals surface area contributed by atoms with Crippen molar-refractivity contribution in [2.45, 2.75) is 25.2 Å². The molecule has 0 aromatic heterocycles. The second-order valence-corrected chi connectivity index (χ2v) is 3.47. The maximum absolute atomic E-state index is 13.8. The molecule has 0 heterocycles. The highest BCUT2D eigenvalue weighted by molar-refractivity contribution is 5.64. The van der Waals surface area contributed by atoms with Crippen molar-refractivity contribution in [1.29, 1.82) is 0 Å². The van der Waals surface area contributed by atoms with Gasteiger partial charge in [-0.1, -0.05) is 0 Å². The Morgan fingerprint density at radius 3 is 1.44 bits per heavy atom. The van der Waals surface area contributed by atoms with Crippen molar-refractivity contribution in [3.63, 3.8) is 0 Å². The molecule has 0 saturated carbocycles. The van der Waals surface area contributed by atoms with Gasteiger partial charge in [0.05, 0.1) is 13.2 Å². The Hall–Kier alpha value is -1.20. The zero-order valence-corrected chi connectivity index (χ0v) is 8.74. The molecule has 0 N–H and O–H groups in total. The fourth-order valence-electron chi connectivity index (χ4n) is 1.92. The van der Waals surface area contributed by atoms with Crippen molar-refractivity contribution in [3.05, 3.63) is 23.2 Å². The average Bonchev–Trinajstić information content (AvgIpc) is 2.29. The third kappa shape index (κ3) is 0.850. The molecule has 0 bridgehead atoms.